The quantitative estimate of drug-likeness (QED) is 0.497. The molecular formula is C12H14F3NS. The summed E-state index contributed by atoms with van der Waals surface area (Å²) in [5, 5.41) is 0. The Morgan fingerprint density at radius 2 is 2.00 bits per heavy atom. The van der Waals surface area contributed by atoms with Crippen LogP contribution in [0.25, 0.3) is 0 Å². The van der Waals surface area contributed by atoms with Gasteiger partial charge in [0.1, 0.15) is 0 Å². The molecule has 0 saturated heterocycles. The summed E-state index contributed by atoms with van der Waals surface area (Å²) in [6, 6.07) is 3.45. The molecule has 0 heterocycles. The van der Waals surface area contributed by atoms with E-state index in [4.69, 9.17) is 5.73 Å². The van der Waals surface area contributed by atoms with Crippen molar-refractivity contribution in [1.29, 1.82) is 0 Å². The third kappa shape index (κ3) is 4.34. The van der Waals surface area contributed by atoms with Gasteiger partial charge in [0, 0.05) is 16.3 Å². The second kappa shape index (κ2) is 5.49. The van der Waals surface area contributed by atoms with E-state index < -0.39 is 11.7 Å². The first-order valence-electron chi connectivity index (χ1n) is 5.03. The first-order valence-corrected chi connectivity index (χ1v) is 6.02. The third-order valence-electron chi connectivity index (χ3n) is 2.07. The van der Waals surface area contributed by atoms with Crippen LogP contribution in [-0.2, 0) is 6.18 Å². The minimum atomic E-state index is -4.34. The van der Waals surface area contributed by atoms with Crippen molar-refractivity contribution < 1.29 is 13.2 Å². The van der Waals surface area contributed by atoms with Crippen LogP contribution >= 0.6 is 11.8 Å². The van der Waals surface area contributed by atoms with Gasteiger partial charge < -0.3 is 5.73 Å². The number of anilines is 1. The van der Waals surface area contributed by atoms with Crippen LogP contribution in [0.1, 0.15) is 19.4 Å². The standard InChI is InChI=1S/C12H14F3NS/c1-8(2)5-6-17-11-4-3-9(7-10(11)16)12(13,14)15/h3-5,7H,6,16H2,1-2H3. The SMILES string of the molecule is CC(C)=CCSc1ccc(C(F)(F)F)cc1N. The minimum Gasteiger partial charge on any atom is -0.398 e. The van der Waals surface area contributed by atoms with Crippen molar-refractivity contribution in [3.8, 4) is 0 Å². The summed E-state index contributed by atoms with van der Waals surface area (Å²) in [6.07, 6.45) is -2.33. The number of rotatable bonds is 3. The van der Waals surface area contributed by atoms with Crippen molar-refractivity contribution in [2.45, 2.75) is 24.9 Å². The summed E-state index contributed by atoms with van der Waals surface area (Å²) in [5.74, 6) is 0.706. The smallest absolute Gasteiger partial charge is 0.398 e. The Morgan fingerprint density at radius 3 is 2.47 bits per heavy atom. The molecule has 17 heavy (non-hydrogen) atoms. The average molecular weight is 261 g/mol. The number of allylic oxidation sites excluding steroid dienone is 1. The van der Waals surface area contributed by atoms with E-state index in [1.54, 1.807) is 0 Å². The first kappa shape index (κ1) is 14.0. The Kier molecular flexibility index (Phi) is 4.51. The Labute approximate surface area is 103 Å². The lowest BCUT2D eigenvalue weighted by Crippen LogP contribution is -2.05. The van der Waals surface area contributed by atoms with Crippen LogP contribution in [-0.4, -0.2) is 5.75 Å². The number of nitrogen functional groups attached to an aromatic ring is 1. The van der Waals surface area contributed by atoms with Gasteiger partial charge in [-0.25, -0.2) is 0 Å². The zero-order valence-corrected chi connectivity index (χ0v) is 10.5. The highest BCUT2D eigenvalue weighted by molar-refractivity contribution is 7.99. The summed E-state index contributed by atoms with van der Waals surface area (Å²) >= 11 is 1.43. The lowest BCUT2D eigenvalue weighted by Gasteiger charge is -2.09. The van der Waals surface area contributed by atoms with Gasteiger partial charge in [-0.15, -0.1) is 11.8 Å². The molecule has 5 heteroatoms. The summed E-state index contributed by atoms with van der Waals surface area (Å²) in [5.41, 5.74) is 6.23. The number of halogens is 3. The number of benzene rings is 1. The summed E-state index contributed by atoms with van der Waals surface area (Å²) in [7, 11) is 0. The highest BCUT2D eigenvalue weighted by Crippen LogP contribution is 2.34. The monoisotopic (exact) mass is 261 g/mol. The number of hydrogen-bond donors (Lipinski definition) is 1. The zero-order valence-electron chi connectivity index (χ0n) is 9.64. The molecule has 1 aromatic rings. The van der Waals surface area contributed by atoms with Gasteiger partial charge in [0.05, 0.1) is 5.56 Å². The first-order chi connectivity index (χ1) is 7.80. The molecule has 0 unspecified atom stereocenters. The number of hydrogen-bond acceptors (Lipinski definition) is 2. The van der Waals surface area contributed by atoms with Gasteiger partial charge in [0.15, 0.2) is 0 Å². The molecule has 1 nitrogen and oxygen atoms in total. The van der Waals surface area contributed by atoms with E-state index >= 15 is 0 Å². The maximum Gasteiger partial charge on any atom is 0.416 e. The van der Waals surface area contributed by atoms with Crippen LogP contribution in [0.4, 0.5) is 18.9 Å². The number of nitrogens with two attached hydrogens (primary N) is 1. The molecule has 0 radical (unpaired) electrons. The summed E-state index contributed by atoms with van der Waals surface area (Å²) < 4.78 is 37.2. The third-order valence-corrected chi connectivity index (χ3v) is 3.08. The van der Waals surface area contributed by atoms with Crippen molar-refractivity contribution in [3.63, 3.8) is 0 Å². The number of alkyl halides is 3. The molecule has 0 amide bonds. The van der Waals surface area contributed by atoms with Crippen LogP contribution < -0.4 is 5.73 Å². The van der Waals surface area contributed by atoms with Crippen LogP contribution in [0, 0.1) is 0 Å². The van der Waals surface area contributed by atoms with Gasteiger partial charge in [-0.2, -0.15) is 13.2 Å². The average Bonchev–Trinajstić information content (AvgIpc) is 2.18. The Bertz CT molecular complexity index is 420. The molecule has 94 valence electrons. The minimum absolute atomic E-state index is 0.173. The lowest BCUT2D eigenvalue weighted by molar-refractivity contribution is -0.137. The Balaban J connectivity index is 2.80. The van der Waals surface area contributed by atoms with E-state index in [0.717, 1.165) is 12.1 Å². The van der Waals surface area contributed by atoms with Gasteiger partial charge in [0.25, 0.3) is 0 Å². The van der Waals surface area contributed by atoms with Crippen molar-refractivity contribution >= 4 is 17.4 Å². The highest BCUT2D eigenvalue weighted by Gasteiger charge is 2.30. The van der Waals surface area contributed by atoms with E-state index in [1.165, 1.54) is 23.4 Å². The maximum atomic E-state index is 12.4. The molecule has 0 saturated carbocycles. The van der Waals surface area contributed by atoms with Crippen molar-refractivity contribution in [1.82, 2.24) is 0 Å². The molecule has 2 N–H and O–H groups in total. The van der Waals surface area contributed by atoms with E-state index in [1.807, 2.05) is 19.9 Å². The van der Waals surface area contributed by atoms with Crippen LogP contribution in [0.15, 0.2) is 34.7 Å². The van der Waals surface area contributed by atoms with E-state index in [0.29, 0.717) is 10.6 Å². The van der Waals surface area contributed by atoms with Gasteiger partial charge in [-0.3, -0.25) is 0 Å². The summed E-state index contributed by atoms with van der Waals surface area (Å²) in [6.45, 7) is 3.94. The van der Waals surface area contributed by atoms with Crippen LogP contribution in [0.3, 0.4) is 0 Å². The maximum absolute atomic E-state index is 12.4. The van der Waals surface area contributed by atoms with E-state index in [9.17, 15) is 13.2 Å². The summed E-state index contributed by atoms with van der Waals surface area (Å²) in [4.78, 5) is 0.676. The van der Waals surface area contributed by atoms with E-state index in [-0.39, 0.29) is 5.69 Å². The van der Waals surface area contributed by atoms with Crippen molar-refractivity contribution in [3.05, 3.63) is 35.4 Å². The topological polar surface area (TPSA) is 26.0 Å². The van der Waals surface area contributed by atoms with Gasteiger partial charge in [-0.1, -0.05) is 11.6 Å². The molecule has 1 rings (SSSR count). The molecule has 0 bridgehead atoms. The molecular weight excluding hydrogens is 247 g/mol. The molecule has 0 aromatic heterocycles. The fourth-order valence-corrected chi connectivity index (χ4v) is 2.14. The second-order valence-electron chi connectivity index (χ2n) is 3.84. The molecule has 0 fully saturated rings. The van der Waals surface area contributed by atoms with Gasteiger partial charge >= 0.3 is 6.18 Å². The lowest BCUT2D eigenvalue weighted by atomic mass is 10.2. The second-order valence-corrected chi connectivity index (χ2v) is 4.90. The van der Waals surface area contributed by atoms with Crippen LogP contribution in [0.5, 0.6) is 0 Å². The van der Waals surface area contributed by atoms with E-state index in [2.05, 4.69) is 0 Å². The van der Waals surface area contributed by atoms with Crippen molar-refractivity contribution in [2.24, 2.45) is 0 Å². The molecule has 0 aliphatic carbocycles. The van der Waals surface area contributed by atoms with Crippen molar-refractivity contribution in [2.75, 3.05) is 11.5 Å². The van der Waals surface area contributed by atoms with Gasteiger partial charge in [0.2, 0.25) is 0 Å². The largest absolute Gasteiger partial charge is 0.416 e. The highest BCUT2D eigenvalue weighted by atomic mass is 32.2. The fourth-order valence-electron chi connectivity index (χ4n) is 1.15. The van der Waals surface area contributed by atoms with Crippen LogP contribution in [0.2, 0.25) is 0 Å². The predicted octanol–water partition coefficient (Wildman–Crippen LogP) is 4.35. The fraction of sp³-hybridized carbons (Fsp3) is 0.333. The Hall–Kier alpha value is -1.10. The molecule has 0 aliphatic rings. The molecule has 0 atom stereocenters. The molecule has 0 spiro atoms. The zero-order chi connectivity index (χ0) is 13.1. The molecule has 0 aliphatic heterocycles. The predicted molar refractivity (Wildman–Crippen MR) is 66.0 cm³/mol. The molecule has 1 aromatic carbocycles. The van der Waals surface area contributed by atoms with Gasteiger partial charge in [-0.05, 0) is 32.0 Å². The number of thioether (sulfide) groups is 1. The normalized spacial score (nSPS) is 11.4. The Morgan fingerprint density at radius 1 is 1.35 bits per heavy atom.